The Morgan fingerprint density at radius 1 is 1.40 bits per heavy atom. The highest BCUT2D eigenvalue weighted by atomic mass is 16.4. The first kappa shape index (κ1) is 13.1. The monoisotopic (exact) mass is 278 g/mol. The van der Waals surface area contributed by atoms with Crippen molar-refractivity contribution in [2.75, 3.05) is 6.54 Å². The molecule has 1 saturated heterocycles. The number of rotatable bonds is 2. The fourth-order valence-corrected chi connectivity index (χ4v) is 3.00. The SMILES string of the molecule is O=C(O)C1CCCCN1C(=O)C1Cc2nc[nH]c2CN1. The van der Waals surface area contributed by atoms with Crippen molar-refractivity contribution in [3.63, 3.8) is 0 Å². The fourth-order valence-electron chi connectivity index (χ4n) is 3.00. The highest BCUT2D eigenvalue weighted by Gasteiger charge is 2.36. The van der Waals surface area contributed by atoms with Crippen molar-refractivity contribution in [1.82, 2.24) is 20.2 Å². The lowest BCUT2D eigenvalue weighted by Crippen LogP contribution is -2.56. The summed E-state index contributed by atoms with van der Waals surface area (Å²) in [5, 5.41) is 12.4. The zero-order valence-corrected chi connectivity index (χ0v) is 11.1. The molecular weight excluding hydrogens is 260 g/mol. The van der Waals surface area contributed by atoms with E-state index in [9.17, 15) is 14.7 Å². The smallest absolute Gasteiger partial charge is 0.326 e. The number of carbonyl (C=O) groups excluding carboxylic acids is 1. The molecule has 1 aromatic rings. The van der Waals surface area contributed by atoms with Crippen molar-refractivity contribution >= 4 is 11.9 Å². The molecule has 1 aromatic heterocycles. The number of carboxylic acid groups (broad SMARTS) is 1. The van der Waals surface area contributed by atoms with E-state index in [4.69, 9.17) is 0 Å². The molecule has 7 heteroatoms. The third kappa shape index (κ3) is 2.29. The predicted octanol–water partition coefficient (Wildman–Crippen LogP) is -0.110. The highest BCUT2D eigenvalue weighted by Crippen LogP contribution is 2.21. The largest absolute Gasteiger partial charge is 0.480 e. The number of aromatic amines is 1. The topological polar surface area (TPSA) is 98.3 Å². The minimum atomic E-state index is -0.908. The van der Waals surface area contributed by atoms with E-state index in [1.165, 1.54) is 4.90 Å². The molecule has 0 saturated carbocycles. The maximum atomic E-state index is 12.6. The fraction of sp³-hybridized carbons (Fsp3) is 0.615. The van der Waals surface area contributed by atoms with Crippen molar-refractivity contribution in [1.29, 1.82) is 0 Å². The van der Waals surface area contributed by atoms with Gasteiger partial charge in [0.1, 0.15) is 6.04 Å². The summed E-state index contributed by atoms with van der Waals surface area (Å²) >= 11 is 0. The van der Waals surface area contributed by atoms with Crippen LogP contribution in [0.2, 0.25) is 0 Å². The molecule has 3 N–H and O–H groups in total. The minimum Gasteiger partial charge on any atom is -0.480 e. The van der Waals surface area contributed by atoms with Gasteiger partial charge in [-0.25, -0.2) is 9.78 Å². The molecule has 2 atom stereocenters. The molecule has 20 heavy (non-hydrogen) atoms. The number of piperidine rings is 1. The number of H-pyrrole nitrogens is 1. The van der Waals surface area contributed by atoms with Crippen molar-refractivity contribution in [3.05, 3.63) is 17.7 Å². The molecule has 0 spiro atoms. The van der Waals surface area contributed by atoms with Gasteiger partial charge in [0.25, 0.3) is 0 Å². The van der Waals surface area contributed by atoms with E-state index in [2.05, 4.69) is 15.3 Å². The van der Waals surface area contributed by atoms with Crippen LogP contribution in [0.3, 0.4) is 0 Å². The molecular formula is C13H18N4O3. The van der Waals surface area contributed by atoms with Crippen LogP contribution in [0.1, 0.15) is 30.7 Å². The first-order chi connectivity index (χ1) is 9.66. The number of hydrogen-bond acceptors (Lipinski definition) is 4. The van der Waals surface area contributed by atoms with E-state index in [1.807, 2.05) is 0 Å². The van der Waals surface area contributed by atoms with Gasteiger partial charge in [0.15, 0.2) is 0 Å². The number of aliphatic carboxylic acids is 1. The van der Waals surface area contributed by atoms with Crippen LogP contribution in [0, 0.1) is 0 Å². The summed E-state index contributed by atoms with van der Waals surface area (Å²) in [6.45, 7) is 1.10. The lowest BCUT2D eigenvalue weighted by Gasteiger charge is -2.36. The summed E-state index contributed by atoms with van der Waals surface area (Å²) in [7, 11) is 0. The van der Waals surface area contributed by atoms with Crippen molar-refractivity contribution in [2.45, 2.75) is 44.3 Å². The first-order valence-electron chi connectivity index (χ1n) is 6.94. The Hall–Kier alpha value is -1.89. The zero-order chi connectivity index (χ0) is 14.1. The number of likely N-dealkylation sites (tertiary alicyclic amines) is 1. The number of carbonyl (C=O) groups is 2. The Morgan fingerprint density at radius 2 is 2.25 bits per heavy atom. The van der Waals surface area contributed by atoms with Gasteiger partial charge in [-0.2, -0.15) is 0 Å². The van der Waals surface area contributed by atoms with Gasteiger partial charge in [0.2, 0.25) is 5.91 Å². The van der Waals surface area contributed by atoms with Crippen LogP contribution < -0.4 is 5.32 Å². The molecule has 0 aromatic carbocycles. The van der Waals surface area contributed by atoms with Gasteiger partial charge in [-0.3, -0.25) is 10.1 Å². The molecule has 2 aliphatic heterocycles. The van der Waals surface area contributed by atoms with Crippen LogP contribution in [0.25, 0.3) is 0 Å². The summed E-state index contributed by atoms with van der Waals surface area (Å²) in [6, 6.07) is -1.05. The number of carboxylic acids is 1. The van der Waals surface area contributed by atoms with E-state index in [0.717, 1.165) is 24.2 Å². The van der Waals surface area contributed by atoms with Crippen molar-refractivity contribution in [2.24, 2.45) is 0 Å². The van der Waals surface area contributed by atoms with E-state index in [0.29, 0.717) is 25.9 Å². The summed E-state index contributed by atoms with van der Waals surface area (Å²) in [6.07, 6.45) is 4.42. The Balaban J connectivity index is 1.73. The Kier molecular flexibility index (Phi) is 3.43. The Bertz CT molecular complexity index is 527. The molecule has 2 unspecified atom stereocenters. The zero-order valence-electron chi connectivity index (χ0n) is 11.1. The van der Waals surface area contributed by atoms with Crippen molar-refractivity contribution in [3.8, 4) is 0 Å². The predicted molar refractivity (Wildman–Crippen MR) is 69.9 cm³/mol. The number of fused-ring (bicyclic) bond motifs is 1. The van der Waals surface area contributed by atoms with Gasteiger partial charge < -0.3 is 15.0 Å². The molecule has 0 bridgehead atoms. The highest BCUT2D eigenvalue weighted by molar-refractivity contribution is 5.87. The van der Waals surface area contributed by atoms with Crippen LogP contribution in [-0.4, -0.2) is 50.5 Å². The van der Waals surface area contributed by atoms with Crippen LogP contribution in [0.4, 0.5) is 0 Å². The van der Waals surface area contributed by atoms with Crippen LogP contribution in [0.15, 0.2) is 6.33 Å². The third-order valence-corrected chi connectivity index (χ3v) is 4.10. The van der Waals surface area contributed by atoms with E-state index < -0.39 is 12.0 Å². The maximum absolute atomic E-state index is 12.6. The number of amides is 1. The van der Waals surface area contributed by atoms with Crippen molar-refractivity contribution < 1.29 is 14.7 Å². The second-order valence-corrected chi connectivity index (χ2v) is 5.35. The lowest BCUT2D eigenvalue weighted by atomic mass is 9.98. The van der Waals surface area contributed by atoms with Gasteiger partial charge in [0, 0.05) is 19.5 Å². The molecule has 3 rings (SSSR count). The molecule has 7 nitrogen and oxygen atoms in total. The second-order valence-electron chi connectivity index (χ2n) is 5.35. The molecule has 0 radical (unpaired) electrons. The molecule has 108 valence electrons. The number of hydrogen-bond donors (Lipinski definition) is 3. The van der Waals surface area contributed by atoms with Gasteiger partial charge >= 0.3 is 5.97 Å². The number of aromatic nitrogens is 2. The molecule has 2 aliphatic rings. The van der Waals surface area contributed by atoms with E-state index in [-0.39, 0.29) is 11.9 Å². The average Bonchev–Trinajstić information content (AvgIpc) is 2.93. The minimum absolute atomic E-state index is 0.120. The van der Waals surface area contributed by atoms with Crippen LogP contribution >= 0.6 is 0 Å². The lowest BCUT2D eigenvalue weighted by molar-refractivity contribution is -0.153. The van der Waals surface area contributed by atoms with Gasteiger partial charge in [-0.1, -0.05) is 0 Å². The standard InChI is InChI=1S/C13H18N4O3/c18-12(17-4-2-1-3-11(17)13(19)20)9-5-8-10(6-14-9)16-7-15-8/h7,9,11,14H,1-6H2,(H,15,16)(H,19,20). The third-order valence-electron chi connectivity index (χ3n) is 4.10. The number of nitrogens with zero attached hydrogens (tertiary/aromatic N) is 2. The molecule has 3 heterocycles. The summed E-state index contributed by atoms with van der Waals surface area (Å²) in [4.78, 5) is 32.6. The number of imidazole rings is 1. The van der Waals surface area contributed by atoms with Gasteiger partial charge in [-0.15, -0.1) is 0 Å². The molecule has 0 aliphatic carbocycles. The Labute approximate surface area is 116 Å². The van der Waals surface area contributed by atoms with E-state index >= 15 is 0 Å². The quantitative estimate of drug-likeness (QED) is 0.701. The van der Waals surface area contributed by atoms with E-state index in [1.54, 1.807) is 6.33 Å². The molecule has 1 fully saturated rings. The normalized spacial score (nSPS) is 26.1. The summed E-state index contributed by atoms with van der Waals surface area (Å²) < 4.78 is 0. The van der Waals surface area contributed by atoms with Gasteiger partial charge in [0.05, 0.1) is 23.8 Å². The Morgan fingerprint density at radius 3 is 3.05 bits per heavy atom. The average molecular weight is 278 g/mol. The maximum Gasteiger partial charge on any atom is 0.326 e. The van der Waals surface area contributed by atoms with Gasteiger partial charge in [-0.05, 0) is 19.3 Å². The summed E-state index contributed by atoms with van der Waals surface area (Å²) in [5.74, 6) is -1.03. The number of nitrogens with one attached hydrogen (secondary N) is 2. The van der Waals surface area contributed by atoms with Crippen LogP contribution in [-0.2, 0) is 22.6 Å². The first-order valence-corrected chi connectivity index (χ1v) is 6.94. The van der Waals surface area contributed by atoms with Crippen LogP contribution in [0.5, 0.6) is 0 Å². The second kappa shape index (κ2) is 5.24. The summed E-state index contributed by atoms with van der Waals surface area (Å²) in [5.41, 5.74) is 1.90. The molecule has 1 amide bonds.